The fourth-order valence-electron chi connectivity index (χ4n) is 4.57. The number of carbonyl (C=O) groups excluding carboxylic acids is 2. The van der Waals surface area contributed by atoms with Crippen LogP contribution in [-0.4, -0.2) is 31.2 Å². The van der Waals surface area contributed by atoms with Gasteiger partial charge in [0.05, 0.1) is 24.5 Å². The number of nitrogens with one attached hydrogen (secondary N) is 2. The maximum Gasteiger partial charge on any atom is 0.411 e. The van der Waals surface area contributed by atoms with Gasteiger partial charge in [-0.3, -0.25) is 15.0 Å². The SMILES string of the molecule is CCOC(=O)Nc1ccc2c(c1)N(C(=O)CNC1CCCCC1)c1ccccc1CC2.Cl. The molecule has 0 atom stereocenters. The van der Waals surface area contributed by atoms with Crippen LogP contribution in [0.2, 0.25) is 0 Å². The van der Waals surface area contributed by atoms with E-state index in [1.54, 1.807) is 6.92 Å². The Morgan fingerprint density at radius 3 is 2.47 bits per heavy atom. The Labute approximate surface area is 196 Å². The van der Waals surface area contributed by atoms with Gasteiger partial charge < -0.3 is 10.1 Å². The lowest BCUT2D eigenvalue weighted by Gasteiger charge is -2.28. The number of fused-ring (bicyclic) bond motifs is 2. The van der Waals surface area contributed by atoms with Crippen LogP contribution < -0.4 is 15.5 Å². The third kappa shape index (κ3) is 5.61. The van der Waals surface area contributed by atoms with Gasteiger partial charge in [0.2, 0.25) is 5.91 Å². The van der Waals surface area contributed by atoms with Gasteiger partial charge in [0.1, 0.15) is 0 Å². The number of amides is 2. The van der Waals surface area contributed by atoms with E-state index in [9.17, 15) is 9.59 Å². The fourth-order valence-corrected chi connectivity index (χ4v) is 4.57. The number of benzene rings is 2. The van der Waals surface area contributed by atoms with Gasteiger partial charge in [0.25, 0.3) is 0 Å². The van der Waals surface area contributed by atoms with E-state index in [0.29, 0.717) is 24.9 Å². The molecule has 1 aliphatic carbocycles. The zero-order chi connectivity index (χ0) is 21.6. The number of anilines is 3. The Morgan fingerprint density at radius 1 is 1.00 bits per heavy atom. The molecule has 2 N–H and O–H groups in total. The standard InChI is InChI=1S/C25H31N3O3.ClH/c1-2-31-25(30)27-21-15-14-19-13-12-18-8-6-7-11-22(18)28(23(19)16-21)24(29)17-26-20-9-4-3-5-10-20;/h6-8,11,14-16,20,26H,2-5,9-10,12-13,17H2,1H3,(H,27,30);1H. The number of para-hydroxylation sites is 1. The average Bonchev–Trinajstić information content (AvgIpc) is 2.95. The number of hydrogen-bond acceptors (Lipinski definition) is 4. The van der Waals surface area contributed by atoms with Crippen molar-refractivity contribution in [2.75, 3.05) is 23.4 Å². The zero-order valence-electron chi connectivity index (χ0n) is 18.6. The van der Waals surface area contributed by atoms with Crippen molar-refractivity contribution in [1.29, 1.82) is 0 Å². The molecule has 0 bridgehead atoms. The number of halogens is 1. The molecule has 2 amide bonds. The number of rotatable bonds is 5. The maximum atomic E-state index is 13.5. The predicted octanol–water partition coefficient (Wildman–Crippen LogP) is 5.36. The molecule has 32 heavy (non-hydrogen) atoms. The Hall–Kier alpha value is -2.57. The minimum absolute atomic E-state index is 0. The van der Waals surface area contributed by atoms with Crippen LogP contribution in [0.25, 0.3) is 0 Å². The quantitative estimate of drug-likeness (QED) is 0.633. The second-order valence-electron chi connectivity index (χ2n) is 8.26. The minimum Gasteiger partial charge on any atom is -0.450 e. The first-order valence-electron chi connectivity index (χ1n) is 11.4. The first-order valence-corrected chi connectivity index (χ1v) is 11.4. The molecular weight excluding hydrogens is 426 g/mol. The zero-order valence-corrected chi connectivity index (χ0v) is 19.4. The summed E-state index contributed by atoms with van der Waals surface area (Å²) in [7, 11) is 0. The Balaban J connectivity index is 0.00000289. The topological polar surface area (TPSA) is 70.7 Å². The normalized spacial score (nSPS) is 15.6. The molecule has 2 aromatic carbocycles. The highest BCUT2D eigenvalue weighted by molar-refractivity contribution is 6.04. The van der Waals surface area contributed by atoms with Crippen molar-refractivity contribution < 1.29 is 14.3 Å². The Bertz CT molecular complexity index is 944. The number of hydrogen-bond donors (Lipinski definition) is 2. The number of aryl methyl sites for hydroxylation is 2. The third-order valence-corrected chi connectivity index (χ3v) is 6.14. The molecule has 0 aromatic heterocycles. The molecule has 2 aromatic rings. The largest absolute Gasteiger partial charge is 0.450 e. The molecule has 0 saturated heterocycles. The molecule has 4 rings (SSSR count). The lowest BCUT2D eigenvalue weighted by Crippen LogP contribution is -2.41. The number of ether oxygens (including phenoxy) is 1. The van der Waals surface area contributed by atoms with E-state index in [0.717, 1.165) is 48.2 Å². The summed E-state index contributed by atoms with van der Waals surface area (Å²) < 4.78 is 5.01. The van der Waals surface area contributed by atoms with Crippen molar-refractivity contribution in [2.24, 2.45) is 0 Å². The molecule has 0 radical (unpaired) electrons. The van der Waals surface area contributed by atoms with Crippen molar-refractivity contribution >= 4 is 41.5 Å². The van der Waals surface area contributed by atoms with Gasteiger partial charge in [0, 0.05) is 11.7 Å². The molecule has 2 aliphatic rings. The van der Waals surface area contributed by atoms with Gasteiger partial charge in [-0.2, -0.15) is 0 Å². The monoisotopic (exact) mass is 457 g/mol. The maximum absolute atomic E-state index is 13.5. The summed E-state index contributed by atoms with van der Waals surface area (Å²) in [6.07, 6.45) is 7.22. The van der Waals surface area contributed by atoms with Crippen LogP contribution in [0.5, 0.6) is 0 Å². The summed E-state index contributed by atoms with van der Waals surface area (Å²) in [4.78, 5) is 27.2. The van der Waals surface area contributed by atoms with Crippen LogP contribution >= 0.6 is 12.4 Å². The van der Waals surface area contributed by atoms with Crippen LogP contribution in [0.3, 0.4) is 0 Å². The first-order chi connectivity index (χ1) is 15.2. The van der Waals surface area contributed by atoms with E-state index in [-0.39, 0.29) is 18.3 Å². The molecule has 6 nitrogen and oxygen atoms in total. The van der Waals surface area contributed by atoms with E-state index < -0.39 is 6.09 Å². The fraction of sp³-hybridized carbons (Fsp3) is 0.440. The lowest BCUT2D eigenvalue weighted by molar-refractivity contribution is -0.117. The number of carbonyl (C=O) groups is 2. The summed E-state index contributed by atoms with van der Waals surface area (Å²) in [6.45, 7) is 2.38. The van der Waals surface area contributed by atoms with Crippen LogP contribution in [0, 0.1) is 0 Å². The van der Waals surface area contributed by atoms with Gasteiger partial charge in [-0.1, -0.05) is 43.5 Å². The van der Waals surface area contributed by atoms with Crippen LogP contribution in [0.4, 0.5) is 21.9 Å². The van der Waals surface area contributed by atoms with Crippen LogP contribution in [0.15, 0.2) is 42.5 Å². The van der Waals surface area contributed by atoms with Crippen molar-refractivity contribution in [2.45, 2.75) is 57.9 Å². The molecule has 1 fully saturated rings. The minimum atomic E-state index is -0.492. The van der Waals surface area contributed by atoms with E-state index in [1.165, 1.54) is 19.3 Å². The summed E-state index contributed by atoms with van der Waals surface area (Å²) in [6, 6.07) is 14.3. The van der Waals surface area contributed by atoms with Gasteiger partial charge in [-0.25, -0.2) is 4.79 Å². The molecule has 172 valence electrons. The lowest BCUT2D eigenvalue weighted by atomic mass is 9.95. The second kappa shape index (κ2) is 11.3. The van der Waals surface area contributed by atoms with E-state index >= 15 is 0 Å². The van der Waals surface area contributed by atoms with E-state index in [2.05, 4.69) is 16.7 Å². The van der Waals surface area contributed by atoms with Crippen LogP contribution in [-0.2, 0) is 22.4 Å². The first kappa shape index (κ1) is 24.1. The Kier molecular flexibility index (Phi) is 8.53. The molecule has 1 saturated carbocycles. The van der Waals surface area contributed by atoms with Crippen molar-refractivity contribution in [3.05, 3.63) is 53.6 Å². The highest BCUT2D eigenvalue weighted by Gasteiger charge is 2.27. The van der Waals surface area contributed by atoms with Gasteiger partial charge >= 0.3 is 6.09 Å². The molecule has 1 aliphatic heterocycles. The summed E-state index contributed by atoms with van der Waals surface area (Å²) in [5.41, 5.74) is 4.62. The molecular formula is C25H32ClN3O3. The molecule has 7 heteroatoms. The third-order valence-electron chi connectivity index (χ3n) is 6.14. The van der Waals surface area contributed by atoms with E-state index in [4.69, 9.17) is 4.74 Å². The highest BCUT2D eigenvalue weighted by atomic mass is 35.5. The van der Waals surface area contributed by atoms with Crippen molar-refractivity contribution in [3.8, 4) is 0 Å². The molecule has 1 heterocycles. The highest BCUT2D eigenvalue weighted by Crippen LogP contribution is 2.37. The summed E-state index contributed by atoms with van der Waals surface area (Å²) in [5.74, 6) is 0.0226. The Morgan fingerprint density at radius 2 is 1.72 bits per heavy atom. The van der Waals surface area contributed by atoms with Crippen molar-refractivity contribution in [3.63, 3.8) is 0 Å². The summed E-state index contributed by atoms with van der Waals surface area (Å²) in [5, 5.41) is 6.25. The molecule has 0 unspecified atom stereocenters. The van der Waals surface area contributed by atoms with Gasteiger partial charge in [-0.15, -0.1) is 12.4 Å². The van der Waals surface area contributed by atoms with Crippen LogP contribution in [0.1, 0.15) is 50.2 Å². The van der Waals surface area contributed by atoms with Crippen molar-refractivity contribution in [1.82, 2.24) is 5.32 Å². The predicted molar refractivity (Wildman–Crippen MR) is 130 cm³/mol. The molecule has 0 spiro atoms. The summed E-state index contributed by atoms with van der Waals surface area (Å²) >= 11 is 0. The second-order valence-corrected chi connectivity index (χ2v) is 8.26. The van der Waals surface area contributed by atoms with E-state index in [1.807, 2.05) is 41.3 Å². The number of nitrogens with zero attached hydrogens (tertiary/aromatic N) is 1. The smallest absolute Gasteiger partial charge is 0.411 e. The van der Waals surface area contributed by atoms with Gasteiger partial charge in [-0.05, 0) is 61.9 Å². The van der Waals surface area contributed by atoms with Gasteiger partial charge in [0.15, 0.2) is 0 Å². The average molecular weight is 458 g/mol.